The van der Waals surface area contributed by atoms with Crippen molar-refractivity contribution in [3.05, 3.63) is 18.1 Å². The molecule has 0 amide bonds. The standard InChI is InChI=1S/C25H40N6O/c1-17(24(2)6-7-24)30-10-12-31(13-11-30)22-15-21(26-16-27-22)23-19-14-18(32-25(3)8-9-25)4-5-20(19)28-29-23/h15-20,23,28-29H,4-14H2,1-3H3. The lowest BCUT2D eigenvalue weighted by molar-refractivity contribution is -0.0500. The van der Waals surface area contributed by atoms with Crippen molar-refractivity contribution >= 4 is 5.82 Å². The molecule has 5 aliphatic rings. The monoisotopic (exact) mass is 440 g/mol. The zero-order valence-electron chi connectivity index (χ0n) is 20.0. The zero-order valence-corrected chi connectivity index (χ0v) is 20.0. The molecule has 5 atom stereocenters. The van der Waals surface area contributed by atoms with Crippen LogP contribution in [0.4, 0.5) is 5.82 Å². The van der Waals surface area contributed by atoms with Crippen molar-refractivity contribution in [1.29, 1.82) is 0 Å². The maximum atomic E-state index is 6.46. The highest BCUT2D eigenvalue weighted by Gasteiger charge is 2.47. The Hall–Kier alpha value is -1.28. The number of anilines is 1. The van der Waals surface area contributed by atoms with Gasteiger partial charge in [-0.25, -0.2) is 15.4 Å². The second-order valence-corrected chi connectivity index (χ2v) is 11.7. The van der Waals surface area contributed by atoms with Gasteiger partial charge in [-0.2, -0.15) is 0 Å². The first kappa shape index (κ1) is 21.3. The molecule has 2 aliphatic heterocycles. The number of ether oxygens (including phenoxy) is 1. The number of nitrogens with one attached hydrogen (secondary N) is 2. The van der Waals surface area contributed by atoms with Crippen molar-refractivity contribution in [2.75, 3.05) is 31.1 Å². The van der Waals surface area contributed by atoms with Gasteiger partial charge in [0.15, 0.2) is 0 Å². The summed E-state index contributed by atoms with van der Waals surface area (Å²) in [4.78, 5) is 14.5. The molecule has 5 fully saturated rings. The molecular formula is C25H40N6O. The average molecular weight is 441 g/mol. The molecule has 7 nitrogen and oxygen atoms in total. The van der Waals surface area contributed by atoms with E-state index in [9.17, 15) is 0 Å². The van der Waals surface area contributed by atoms with Crippen LogP contribution in [-0.4, -0.2) is 64.8 Å². The maximum Gasteiger partial charge on any atom is 0.132 e. The lowest BCUT2D eigenvalue weighted by Gasteiger charge is -2.41. The third-order valence-electron chi connectivity index (χ3n) is 9.33. The quantitative estimate of drug-likeness (QED) is 0.705. The fourth-order valence-corrected chi connectivity index (χ4v) is 6.21. The van der Waals surface area contributed by atoms with Crippen molar-refractivity contribution in [3.8, 4) is 0 Å². The van der Waals surface area contributed by atoms with E-state index in [1.54, 1.807) is 6.33 Å². The van der Waals surface area contributed by atoms with Crippen LogP contribution >= 0.6 is 0 Å². The molecule has 3 aliphatic carbocycles. The number of piperazine rings is 1. The molecule has 0 bridgehead atoms. The van der Waals surface area contributed by atoms with Crippen LogP contribution in [0.3, 0.4) is 0 Å². The van der Waals surface area contributed by atoms with E-state index in [-0.39, 0.29) is 11.6 Å². The summed E-state index contributed by atoms with van der Waals surface area (Å²) in [6.45, 7) is 11.5. The molecular weight excluding hydrogens is 400 g/mol. The minimum atomic E-state index is 0.158. The molecule has 3 saturated carbocycles. The van der Waals surface area contributed by atoms with Gasteiger partial charge in [0.05, 0.1) is 23.4 Å². The average Bonchev–Trinajstić information content (AvgIpc) is 3.70. The van der Waals surface area contributed by atoms with E-state index in [2.05, 4.69) is 52.5 Å². The van der Waals surface area contributed by atoms with Crippen LogP contribution in [0.1, 0.15) is 77.5 Å². The van der Waals surface area contributed by atoms with Crippen molar-refractivity contribution in [2.45, 2.75) is 95.5 Å². The summed E-state index contributed by atoms with van der Waals surface area (Å²) >= 11 is 0. The Balaban J connectivity index is 1.11. The predicted molar refractivity (Wildman–Crippen MR) is 125 cm³/mol. The molecule has 3 heterocycles. The highest BCUT2D eigenvalue weighted by molar-refractivity contribution is 5.40. The molecule has 0 radical (unpaired) electrons. The van der Waals surface area contributed by atoms with Gasteiger partial charge in [0.25, 0.3) is 0 Å². The van der Waals surface area contributed by atoms with Gasteiger partial charge in [-0.1, -0.05) is 6.92 Å². The van der Waals surface area contributed by atoms with E-state index < -0.39 is 0 Å². The van der Waals surface area contributed by atoms with E-state index in [0.717, 1.165) is 50.5 Å². The number of hydrazine groups is 1. The Morgan fingerprint density at radius 1 is 1.03 bits per heavy atom. The van der Waals surface area contributed by atoms with Crippen molar-refractivity contribution in [3.63, 3.8) is 0 Å². The van der Waals surface area contributed by atoms with Gasteiger partial charge >= 0.3 is 0 Å². The molecule has 0 spiro atoms. The third-order valence-corrected chi connectivity index (χ3v) is 9.33. The normalized spacial score (nSPS) is 36.5. The van der Waals surface area contributed by atoms with E-state index in [0.29, 0.717) is 29.5 Å². The summed E-state index contributed by atoms with van der Waals surface area (Å²) in [6, 6.07) is 3.67. The van der Waals surface area contributed by atoms with E-state index in [4.69, 9.17) is 9.72 Å². The van der Waals surface area contributed by atoms with Gasteiger partial charge in [0, 0.05) is 50.2 Å². The van der Waals surface area contributed by atoms with Crippen LogP contribution in [0, 0.1) is 11.3 Å². The number of nitrogens with zero attached hydrogens (tertiary/aromatic N) is 4. The number of hydrogen-bond donors (Lipinski definition) is 2. The first-order chi connectivity index (χ1) is 15.4. The van der Waals surface area contributed by atoms with Gasteiger partial charge in [-0.3, -0.25) is 10.3 Å². The number of fused-ring (bicyclic) bond motifs is 1. The molecule has 7 heteroatoms. The summed E-state index contributed by atoms with van der Waals surface area (Å²) in [5, 5.41) is 0. The Morgan fingerprint density at radius 2 is 1.81 bits per heavy atom. The number of rotatable bonds is 6. The number of hydrogen-bond acceptors (Lipinski definition) is 7. The first-order valence-corrected chi connectivity index (χ1v) is 12.9. The summed E-state index contributed by atoms with van der Waals surface area (Å²) in [7, 11) is 0. The van der Waals surface area contributed by atoms with E-state index in [1.807, 2.05) is 0 Å². The Labute approximate surface area is 192 Å². The van der Waals surface area contributed by atoms with Gasteiger partial charge in [0.2, 0.25) is 0 Å². The molecule has 5 unspecified atom stereocenters. The van der Waals surface area contributed by atoms with Crippen LogP contribution in [0.2, 0.25) is 0 Å². The lowest BCUT2D eigenvalue weighted by Crippen LogP contribution is -2.51. The molecule has 32 heavy (non-hydrogen) atoms. The highest BCUT2D eigenvalue weighted by Crippen LogP contribution is 2.50. The van der Waals surface area contributed by atoms with Crippen molar-refractivity contribution < 1.29 is 4.74 Å². The lowest BCUT2D eigenvalue weighted by atomic mass is 9.79. The Kier molecular flexibility index (Phi) is 5.25. The van der Waals surface area contributed by atoms with Crippen LogP contribution in [0.15, 0.2) is 12.4 Å². The minimum absolute atomic E-state index is 0.158. The molecule has 1 aromatic heterocycles. The van der Waals surface area contributed by atoms with Crippen LogP contribution < -0.4 is 15.8 Å². The smallest absolute Gasteiger partial charge is 0.132 e. The SMILES string of the molecule is CC(N1CCN(c2cc(C3NNC4CCC(OC5(C)CC5)CC43)ncn2)CC1)C1(C)CC1. The molecule has 2 N–H and O–H groups in total. The van der Waals surface area contributed by atoms with E-state index in [1.165, 1.54) is 32.1 Å². The summed E-state index contributed by atoms with van der Waals surface area (Å²) in [5.74, 6) is 1.61. The first-order valence-electron chi connectivity index (χ1n) is 12.9. The molecule has 1 aromatic rings. The molecule has 6 rings (SSSR count). The van der Waals surface area contributed by atoms with E-state index >= 15 is 0 Å². The maximum absolute atomic E-state index is 6.46. The van der Waals surface area contributed by atoms with Gasteiger partial charge < -0.3 is 9.64 Å². The fourth-order valence-electron chi connectivity index (χ4n) is 6.21. The highest BCUT2D eigenvalue weighted by atomic mass is 16.5. The van der Waals surface area contributed by atoms with Crippen LogP contribution in [0.25, 0.3) is 0 Å². The molecule has 2 saturated heterocycles. The largest absolute Gasteiger partial charge is 0.372 e. The van der Waals surface area contributed by atoms with Gasteiger partial charge in [-0.15, -0.1) is 0 Å². The van der Waals surface area contributed by atoms with Crippen molar-refractivity contribution in [1.82, 2.24) is 25.7 Å². The van der Waals surface area contributed by atoms with Gasteiger partial charge in [-0.05, 0) is 64.2 Å². The second kappa shape index (κ2) is 7.90. The van der Waals surface area contributed by atoms with Gasteiger partial charge in [0.1, 0.15) is 12.1 Å². The predicted octanol–water partition coefficient (Wildman–Crippen LogP) is 3.04. The molecule has 0 aromatic carbocycles. The minimum Gasteiger partial charge on any atom is -0.372 e. The fraction of sp³-hybridized carbons (Fsp3) is 0.840. The topological polar surface area (TPSA) is 65.5 Å². The Morgan fingerprint density at radius 3 is 2.53 bits per heavy atom. The molecule has 176 valence electrons. The summed E-state index contributed by atoms with van der Waals surface area (Å²) in [6.07, 6.45) is 10.8. The van der Waals surface area contributed by atoms with Crippen LogP contribution in [0.5, 0.6) is 0 Å². The Bertz CT molecular complexity index is 831. The van der Waals surface area contributed by atoms with Crippen molar-refractivity contribution in [2.24, 2.45) is 11.3 Å². The summed E-state index contributed by atoms with van der Waals surface area (Å²) < 4.78 is 6.46. The second-order valence-electron chi connectivity index (χ2n) is 11.7. The summed E-state index contributed by atoms with van der Waals surface area (Å²) in [5.41, 5.74) is 8.96. The zero-order chi connectivity index (χ0) is 21.9. The number of aromatic nitrogens is 2. The van der Waals surface area contributed by atoms with Crippen LogP contribution in [-0.2, 0) is 4.74 Å². The third kappa shape index (κ3) is 4.06.